The first kappa shape index (κ1) is 23.7. The first-order valence-corrected chi connectivity index (χ1v) is 15.3. The van der Waals surface area contributed by atoms with E-state index in [2.05, 4.69) is 43.6 Å². The first-order valence-electron chi connectivity index (χ1n) is 10.5. The highest BCUT2D eigenvalue weighted by Crippen LogP contribution is 2.46. The number of nitrogens with zero attached hydrogens (tertiary/aromatic N) is 1. The lowest BCUT2D eigenvalue weighted by Gasteiger charge is -2.38. The molecule has 1 heterocycles. The largest absolute Gasteiger partial charge is 0.410 e. The standard InChI is InChI=1S/C22H33ClN2O3SSi/c1-14(2)12-25-29(26,27)20-10-16-15(18-13-24-21(23)11-17(18)20)8-9-19(16)28-30(6,7)22(3,4)5/h10-11,13-14,19,25H,8-9,12H2,1-7H3. The van der Waals surface area contributed by atoms with Gasteiger partial charge in [-0.15, -0.1) is 0 Å². The van der Waals surface area contributed by atoms with Gasteiger partial charge in [0.25, 0.3) is 0 Å². The summed E-state index contributed by atoms with van der Waals surface area (Å²) in [6, 6.07) is 3.46. The van der Waals surface area contributed by atoms with Crippen LogP contribution in [0.4, 0.5) is 0 Å². The number of pyridine rings is 1. The van der Waals surface area contributed by atoms with E-state index in [-0.39, 0.29) is 27.1 Å². The molecule has 2 aromatic rings. The van der Waals surface area contributed by atoms with Gasteiger partial charge < -0.3 is 4.43 Å². The SMILES string of the molecule is CC(C)CNS(=O)(=O)c1cc2c(c3cnc(Cl)cc13)CCC2O[Si](C)(C)C(C)(C)C. The van der Waals surface area contributed by atoms with Crippen molar-refractivity contribution < 1.29 is 12.8 Å². The van der Waals surface area contributed by atoms with Crippen molar-refractivity contribution in [2.45, 2.75) is 76.6 Å². The van der Waals surface area contributed by atoms with Crippen LogP contribution in [0.25, 0.3) is 10.8 Å². The van der Waals surface area contributed by atoms with Gasteiger partial charge >= 0.3 is 0 Å². The zero-order chi connectivity index (χ0) is 22.5. The fourth-order valence-electron chi connectivity index (χ4n) is 3.56. The summed E-state index contributed by atoms with van der Waals surface area (Å²) in [4.78, 5) is 4.50. The van der Waals surface area contributed by atoms with Crippen LogP contribution < -0.4 is 4.72 Å². The van der Waals surface area contributed by atoms with Gasteiger partial charge in [0.05, 0.1) is 11.0 Å². The maximum absolute atomic E-state index is 13.2. The average molecular weight is 469 g/mol. The molecule has 8 heteroatoms. The van der Waals surface area contributed by atoms with E-state index in [4.69, 9.17) is 16.0 Å². The maximum Gasteiger partial charge on any atom is 0.241 e. The molecule has 1 unspecified atom stereocenters. The molecule has 0 saturated heterocycles. The van der Waals surface area contributed by atoms with Crippen LogP contribution in [-0.2, 0) is 20.9 Å². The van der Waals surface area contributed by atoms with Crippen molar-refractivity contribution in [3.63, 3.8) is 0 Å². The van der Waals surface area contributed by atoms with E-state index in [1.165, 1.54) is 0 Å². The highest BCUT2D eigenvalue weighted by atomic mass is 35.5. The van der Waals surface area contributed by atoms with E-state index in [1.807, 2.05) is 19.9 Å². The zero-order valence-electron chi connectivity index (χ0n) is 19.0. The molecule has 1 aromatic heterocycles. The minimum Gasteiger partial charge on any atom is -0.410 e. The second-order valence-corrected chi connectivity index (χ2v) is 17.0. The Kier molecular flexibility index (Phi) is 6.44. The number of aryl methyl sites for hydroxylation is 1. The molecule has 0 spiro atoms. The van der Waals surface area contributed by atoms with Gasteiger partial charge in [0.15, 0.2) is 8.32 Å². The Balaban J connectivity index is 2.15. The lowest BCUT2D eigenvalue weighted by molar-refractivity contribution is 0.185. The molecule has 1 aliphatic carbocycles. The molecule has 0 bridgehead atoms. The number of benzene rings is 1. The van der Waals surface area contributed by atoms with Crippen LogP contribution in [0.3, 0.4) is 0 Å². The summed E-state index contributed by atoms with van der Waals surface area (Å²) < 4.78 is 35.9. The quantitative estimate of drug-likeness (QED) is 0.427. The highest BCUT2D eigenvalue weighted by Gasteiger charge is 2.41. The second kappa shape index (κ2) is 8.17. The van der Waals surface area contributed by atoms with Gasteiger partial charge in [0.1, 0.15) is 5.15 Å². The van der Waals surface area contributed by atoms with Gasteiger partial charge in [-0.05, 0) is 60.2 Å². The minimum atomic E-state index is -3.70. The van der Waals surface area contributed by atoms with Crippen molar-refractivity contribution in [2.24, 2.45) is 5.92 Å². The summed E-state index contributed by atoms with van der Waals surface area (Å²) in [6.45, 7) is 15.4. The molecule has 0 radical (unpaired) electrons. The van der Waals surface area contributed by atoms with E-state index < -0.39 is 18.3 Å². The summed E-state index contributed by atoms with van der Waals surface area (Å²) in [7, 11) is -5.71. The molecule has 0 saturated carbocycles. The van der Waals surface area contributed by atoms with Crippen molar-refractivity contribution in [1.29, 1.82) is 0 Å². The summed E-state index contributed by atoms with van der Waals surface area (Å²) >= 11 is 6.14. The molecule has 3 rings (SSSR count). The number of nitrogens with one attached hydrogen (secondary N) is 1. The summed E-state index contributed by atoms with van der Waals surface area (Å²) in [5.41, 5.74) is 2.10. The highest BCUT2D eigenvalue weighted by molar-refractivity contribution is 7.89. The fourth-order valence-corrected chi connectivity index (χ4v) is 6.48. The molecule has 1 aliphatic rings. The van der Waals surface area contributed by atoms with Gasteiger partial charge in [0.2, 0.25) is 10.0 Å². The van der Waals surface area contributed by atoms with Crippen molar-refractivity contribution in [1.82, 2.24) is 9.71 Å². The van der Waals surface area contributed by atoms with Gasteiger partial charge in [-0.2, -0.15) is 0 Å². The normalized spacial score (nSPS) is 17.7. The molecule has 1 atom stereocenters. The van der Waals surface area contributed by atoms with Crippen molar-refractivity contribution in [3.05, 3.63) is 34.6 Å². The third kappa shape index (κ3) is 4.60. The van der Waals surface area contributed by atoms with Crippen molar-refractivity contribution in [2.75, 3.05) is 6.54 Å². The van der Waals surface area contributed by atoms with Crippen LogP contribution in [0.2, 0.25) is 23.3 Å². The van der Waals surface area contributed by atoms with Crippen LogP contribution in [0.15, 0.2) is 23.2 Å². The number of halogens is 1. The Morgan fingerprint density at radius 2 is 1.93 bits per heavy atom. The molecule has 0 fully saturated rings. The number of sulfonamides is 1. The van der Waals surface area contributed by atoms with E-state index in [0.29, 0.717) is 11.9 Å². The average Bonchev–Trinajstić information content (AvgIpc) is 3.00. The monoisotopic (exact) mass is 468 g/mol. The topological polar surface area (TPSA) is 68.3 Å². The first-order chi connectivity index (χ1) is 13.7. The lowest BCUT2D eigenvalue weighted by atomic mass is 10.0. The summed E-state index contributed by atoms with van der Waals surface area (Å²) in [5.74, 6) is 0.209. The number of rotatable bonds is 6. The van der Waals surface area contributed by atoms with E-state index in [9.17, 15) is 8.42 Å². The van der Waals surface area contributed by atoms with Crippen LogP contribution in [0.1, 0.15) is 58.3 Å². The molecule has 5 nitrogen and oxygen atoms in total. The molecule has 30 heavy (non-hydrogen) atoms. The number of hydrogen-bond donors (Lipinski definition) is 1. The fraction of sp³-hybridized carbons (Fsp3) is 0.591. The van der Waals surface area contributed by atoms with Crippen molar-refractivity contribution >= 4 is 40.7 Å². The van der Waals surface area contributed by atoms with Crippen LogP contribution in [-0.4, -0.2) is 28.3 Å². The lowest BCUT2D eigenvalue weighted by Crippen LogP contribution is -2.41. The van der Waals surface area contributed by atoms with Gasteiger partial charge in [0, 0.05) is 23.5 Å². The van der Waals surface area contributed by atoms with Gasteiger partial charge in [-0.25, -0.2) is 18.1 Å². The second-order valence-electron chi connectivity index (χ2n) is 10.1. The molecule has 1 N–H and O–H groups in total. The molecular formula is C22H33ClN2O3SSi. The van der Waals surface area contributed by atoms with Gasteiger partial charge in [-0.3, -0.25) is 0 Å². The minimum absolute atomic E-state index is 0.0788. The third-order valence-electron chi connectivity index (χ3n) is 6.31. The van der Waals surface area contributed by atoms with E-state index in [1.54, 1.807) is 12.3 Å². The Labute approximate surface area is 186 Å². The van der Waals surface area contributed by atoms with Crippen LogP contribution in [0.5, 0.6) is 0 Å². The smallest absolute Gasteiger partial charge is 0.241 e. The molecule has 0 amide bonds. The van der Waals surface area contributed by atoms with E-state index >= 15 is 0 Å². The predicted molar refractivity (Wildman–Crippen MR) is 126 cm³/mol. The Morgan fingerprint density at radius 3 is 2.53 bits per heavy atom. The van der Waals surface area contributed by atoms with E-state index in [0.717, 1.165) is 29.4 Å². The van der Waals surface area contributed by atoms with Crippen LogP contribution in [0, 0.1) is 5.92 Å². The molecule has 1 aromatic carbocycles. The molecule has 166 valence electrons. The zero-order valence-corrected chi connectivity index (χ0v) is 21.5. The predicted octanol–water partition coefficient (Wildman–Crippen LogP) is 5.83. The molecular weight excluding hydrogens is 436 g/mol. The maximum atomic E-state index is 13.2. The summed E-state index contributed by atoms with van der Waals surface area (Å²) in [5, 5.41) is 1.84. The number of fused-ring (bicyclic) bond motifs is 3. The Morgan fingerprint density at radius 1 is 1.27 bits per heavy atom. The third-order valence-corrected chi connectivity index (χ3v) is 12.5. The Bertz CT molecular complexity index is 1060. The van der Waals surface area contributed by atoms with Gasteiger partial charge in [-0.1, -0.05) is 46.2 Å². The number of hydrogen-bond acceptors (Lipinski definition) is 4. The van der Waals surface area contributed by atoms with Crippen LogP contribution >= 0.6 is 11.6 Å². The Hall–Kier alpha value is -0.993. The van der Waals surface area contributed by atoms with Crippen molar-refractivity contribution in [3.8, 4) is 0 Å². The summed E-state index contributed by atoms with van der Waals surface area (Å²) in [6.07, 6.45) is 3.30. The number of aromatic nitrogens is 1. The molecule has 0 aliphatic heterocycles.